The van der Waals surface area contributed by atoms with E-state index in [1.807, 2.05) is 0 Å². The monoisotopic (exact) mass is 452 g/mol. The lowest BCUT2D eigenvalue weighted by Crippen LogP contribution is -2.41. The molecule has 1 saturated heterocycles. The topological polar surface area (TPSA) is 153 Å². The lowest BCUT2D eigenvalue weighted by atomic mass is 10.1. The number of hydrogen-bond donors (Lipinski definition) is 3. The van der Waals surface area contributed by atoms with Gasteiger partial charge < -0.3 is 29.5 Å². The van der Waals surface area contributed by atoms with Crippen molar-refractivity contribution in [3.05, 3.63) is 30.5 Å². The van der Waals surface area contributed by atoms with Gasteiger partial charge in [-0.1, -0.05) is 0 Å². The predicted octanol–water partition coefficient (Wildman–Crippen LogP) is 2.01. The molecule has 3 rings (SSSR count). The van der Waals surface area contributed by atoms with E-state index in [2.05, 4.69) is 10.3 Å². The van der Waals surface area contributed by atoms with Gasteiger partial charge in [0.1, 0.15) is 11.9 Å². The van der Waals surface area contributed by atoms with Gasteiger partial charge in [0.05, 0.1) is 24.8 Å². The second-order valence-corrected chi connectivity index (χ2v) is 8.37. The molecule has 0 aliphatic carbocycles. The van der Waals surface area contributed by atoms with Crippen molar-refractivity contribution in [1.82, 2.24) is 9.88 Å². The normalized spacial score (nSPS) is 14.7. The first-order valence-corrected chi connectivity index (χ1v) is 10.9. The number of methoxy groups -OCH3 is 2. The van der Waals surface area contributed by atoms with Crippen LogP contribution in [0.25, 0.3) is 0 Å². The summed E-state index contributed by atoms with van der Waals surface area (Å²) in [6, 6.07) is 5.83. The highest BCUT2D eigenvalue weighted by Gasteiger charge is 2.25. The Hall–Kier alpha value is -3.25. The Morgan fingerprint density at radius 3 is 2.48 bits per heavy atom. The third kappa shape index (κ3) is 5.27. The molecule has 31 heavy (non-hydrogen) atoms. The van der Waals surface area contributed by atoms with E-state index in [1.165, 1.54) is 43.5 Å². The first-order chi connectivity index (χ1) is 14.7. The molecule has 0 saturated carbocycles. The van der Waals surface area contributed by atoms with Gasteiger partial charge in [-0.2, -0.15) is 0 Å². The van der Waals surface area contributed by atoms with Crippen LogP contribution in [0.2, 0.25) is 0 Å². The molecule has 11 nitrogen and oxygen atoms in total. The van der Waals surface area contributed by atoms with Gasteiger partial charge in [-0.15, -0.1) is 0 Å². The minimum absolute atomic E-state index is 0.0837. The SMILES string of the molecule is COc1cc(S(N)(=O)=O)ccc1Nc1nccc(OC2CCN(C(=O)O)CC2)c1OC. The molecule has 1 aromatic heterocycles. The number of anilines is 2. The summed E-state index contributed by atoms with van der Waals surface area (Å²) in [6.45, 7) is 0.790. The van der Waals surface area contributed by atoms with E-state index in [4.69, 9.17) is 24.5 Å². The number of primary sulfonamides is 1. The largest absolute Gasteiger partial charge is 0.495 e. The van der Waals surface area contributed by atoms with E-state index in [-0.39, 0.29) is 16.7 Å². The Morgan fingerprint density at radius 2 is 1.90 bits per heavy atom. The number of likely N-dealkylation sites (tertiary alicyclic amines) is 1. The van der Waals surface area contributed by atoms with E-state index in [1.54, 1.807) is 6.07 Å². The lowest BCUT2D eigenvalue weighted by Gasteiger charge is -2.30. The van der Waals surface area contributed by atoms with Gasteiger partial charge in [0, 0.05) is 44.3 Å². The fraction of sp³-hybridized carbons (Fsp3) is 0.368. The zero-order chi connectivity index (χ0) is 22.6. The molecule has 1 aliphatic rings. The first kappa shape index (κ1) is 22.4. The average molecular weight is 452 g/mol. The molecule has 2 aromatic rings. The zero-order valence-electron chi connectivity index (χ0n) is 17.1. The number of nitrogens with one attached hydrogen (secondary N) is 1. The van der Waals surface area contributed by atoms with Crippen LogP contribution in [-0.2, 0) is 10.0 Å². The highest BCUT2D eigenvalue weighted by molar-refractivity contribution is 7.89. The smallest absolute Gasteiger partial charge is 0.407 e. The summed E-state index contributed by atoms with van der Waals surface area (Å²) in [5, 5.41) is 17.3. The summed E-state index contributed by atoms with van der Waals surface area (Å²) in [5.41, 5.74) is 0.451. The molecule has 0 atom stereocenters. The molecule has 1 aliphatic heterocycles. The lowest BCUT2D eigenvalue weighted by molar-refractivity contribution is 0.0878. The van der Waals surface area contributed by atoms with E-state index >= 15 is 0 Å². The zero-order valence-corrected chi connectivity index (χ0v) is 17.9. The fourth-order valence-corrected chi connectivity index (χ4v) is 3.76. The molecule has 0 radical (unpaired) electrons. The molecular formula is C19H24N4O7S. The maximum absolute atomic E-state index is 11.6. The summed E-state index contributed by atoms with van der Waals surface area (Å²) in [5.74, 6) is 1.39. The standard InChI is InChI=1S/C19H24N4O7S/c1-28-16-11-13(31(20,26)27)3-4-14(16)22-18-17(29-2)15(5-8-21-18)30-12-6-9-23(10-7-12)19(24)25/h3-5,8,11-12H,6-7,9-10H2,1-2H3,(H,21,22)(H,24,25)(H2,20,26,27). The predicted molar refractivity (Wildman–Crippen MR) is 112 cm³/mol. The number of ether oxygens (including phenoxy) is 3. The highest BCUT2D eigenvalue weighted by Crippen LogP contribution is 2.38. The molecule has 1 fully saturated rings. The number of benzene rings is 1. The van der Waals surface area contributed by atoms with E-state index in [0.29, 0.717) is 48.9 Å². The number of aromatic nitrogens is 1. The maximum atomic E-state index is 11.6. The molecule has 168 valence electrons. The average Bonchev–Trinajstić information content (AvgIpc) is 2.74. The molecule has 4 N–H and O–H groups in total. The molecule has 0 unspecified atom stereocenters. The van der Waals surface area contributed by atoms with Crippen molar-refractivity contribution in [3.8, 4) is 17.2 Å². The molecule has 2 heterocycles. The second-order valence-electron chi connectivity index (χ2n) is 6.81. The quantitative estimate of drug-likeness (QED) is 0.572. The molecular weight excluding hydrogens is 428 g/mol. The number of amides is 1. The molecule has 1 aromatic carbocycles. The molecule has 0 bridgehead atoms. The number of nitrogens with two attached hydrogens (primary N) is 1. The third-order valence-electron chi connectivity index (χ3n) is 4.83. The number of carboxylic acid groups (broad SMARTS) is 1. The summed E-state index contributed by atoms with van der Waals surface area (Å²) < 4.78 is 40.0. The number of rotatable bonds is 7. The van der Waals surface area contributed by atoms with Gasteiger partial charge in [0.25, 0.3) is 0 Å². The van der Waals surface area contributed by atoms with E-state index in [9.17, 15) is 13.2 Å². The molecule has 0 spiro atoms. The third-order valence-corrected chi connectivity index (χ3v) is 5.74. The number of hydrogen-bond acceptors (Lipinski definition) is 8. The Labute approximate surface area is 179 Å². The van der Waals surface area contributed by atoms with E-state index in [0.717, 1.165) is 0 Å². The highest BCUT2D eigenvalue weighted by atomic mass is 32.2. The Morgan fingerprint density at radius 1 is 1.19 bits per heavy atom. The Balaban J connectivity index is 1.81. The van der Waals surface area contributed by atoms with Crippen LogP contribution in [0.15, 0.2) is 35.4 Å². The number of nitrogens with zero attached hydrogens (tertiary/aromatic N) is 2. The van der Waals surface area contributed by atoms with Crippen LogP contribution in [0.4, 0.5) is 16.3 Å². The van der Waals surface area contributed by atoms with Crippen molar-refractivity contribution in [2.45, 2.75) is 23.8 Å². The van der Waals surface area contributed by atoms with E-state index < -0.39 is 16.1 Å². The first-order valence-electron chi connectivity index (χ1n) is 9.38. The summed E-state index contributed by atoms with van der Waals surface area (Å²) >= 11 is 0. The van der Waals surface area contributed by atoms with Crippen molar-refractivity contribution in [2.75, 3.05) is 32.6 Å². The van der Waals surface area contributed by atoms with Gasteiger partial charge in [-0.05, 0) is 12.1 Å². The van der Waals surface area contributed by atoms with Crippen LogP contribution in [0.1, 0.15) is 12.8 Å². The van der Waals surface area contributed by atoms with Crippen molar-refractivity contribution in [3.63, 3.8) is 0 Å². The van der Waals surface area contributed by atoms with Crippen LogP contribution >= 0.6 is 0 Å². The van der Waals surface area contributed by atoms with Gasteiger partial charge >= 0.3 is 6.09 Å². The van der Waals surface area contributed by atoms with Crippen LogP contribution in [0, 0.1) is 0 Å². The maximum Gasteiger partial charge on any atom is 0.407 e. The number of carbonyl (C=O) groups is 1. The minimum atomic E-state index is -3.88. The van der Waals surface area contributed by atoms with Crippen LogP contribution in [0.5, 0.6) is 17.2 Å². The number of piperidine rings is 1. The van der Waals surface area contributed by atoms with Gasteiger partial charge in [0.2, 0.25) is 15.8 Å². The summed E-state index contributed by atoms with van der Waals surface area (Å²) in [4.78, 5) is 16.6. The molecule has 12 heteroatoms. The van der Waals surface area contributed by atoms with Crippen molar-refractivity contribution in [2.24, 2.45) is 5.14 Å². The van der Waals surface area contributed by atoms with Crippen molar-refractivity contribution < 1.29 is 32.5 Å². The van der Waals surface area contributed by atoms with Gasteiger partial charge in [-0.25, -0.2) is 23.3 Å². The van der Waals surface area contributed by atoms with Crippen LogP contribution in [-0.4, -0.2) is 62.9 Å². The summed E-state index contributed by atoms with van der Waals surface area (Å²) in [7, 11) is -0.999. The van der Waals surface area contributed by atoms with Crippen molar-refractivity contribution in [1.29, 1.82) is 0 Å². The Kier molecular flexibility index (Phi) is 6.71. The van der Waals surface area contributed by atoms with Crippen LogP contribution < -0.4 is 24.7 Å². The fourth-order valence-electron chi connectivity index (χ4n) is 3.23. The van der Waals surface area contributed by atoms with Gasteiger partial charge in [0.15, 0.2) is 11.6 Å². The summed E-state index contributed by atoms with van der Waals surface area (Å²) in [6.07, 6.45) is 1.56. The van der Waals surface area contributed by atoms with Gasteiger partial charge in [-0.3, -0.25) is 0 Å². The van der Waals surface area contributed by atoms with Crippen molar-refractivity contribution >= 4 is 27.6 Å². The number of sulfonamides is 1. The molecule has 1 amide bonds. The Bertz CT molecular complexity index is 1050. The van der Waals surface area contributed by atoms with Crippen LogP contribution in [0.3, 0.4) is 0 Å². The number of pyridine rings is 1. The second kappa shape index (κ2) is 9.27. The minimum Gasteiger partial charge on any atom is -0.495 e.